The zero-order valence-corrected chi connectivity index (χ0v) is 13.2. The summed E-state index contributed by atoms with van der Waals surface area (Å²) in [6.45, 7) is 7.60. The van der Waals surface area contributed by atoms with Gasteiger partial charge in [0, 0.05) is 5.69 Å². The molecule has 0 saturated heterocycles. The minimum absolute atomic E-state index is 0.237. The largest absolute Gasteiger partial charge is 0.481 e. The van der Waals surface area contributed by atoms with Crippen LogP contribution < -0.4 is 10.1 Å². The lowest BCUT2D eigenvalue weighted by Gasteiger charge is -2.17. The van der Waals surface area contributed by atoms with E-state index in [1.807, 2.05) is 32.9 Å². The van der Waals surface area contributed by atoms with Crippen molar-refractivity contribution in [2.75, 3.05) is 5.32 Å². The van der Waals surface area contributed by atoms with Crippen LogP contribution in [0, 0.1) is 26.6 Å². The van der Waals surface area contributed by atoms with Gasteiger partial charge in [0.15, 0.2) is 6.10 Å². The smallest absolute Gasteiger partial charge is 0.265 e. The van der Waals surface area contributed by atoms with Crippen LogP contribution in [0.15, 0.2) is 36.4 Å². The summed E-state index contributed by atoms with van der Waals surface area (Å²) < 4.78 is 18.4. The van der Waals surface area contributed by atoms with Crippen molar-refractivity contribution in [3.05, 3.63) is 58.9 Å². The van der Waals surface area contributed by atoms with E-state index in [4.69, 9.17) is 4.74 Å². The number of halogens is 1. The van der Waals surface area contributed by atoms with E-state index < -0.39 is 6.10 Å². The molecule has 0 aromatic heterocycles. The Morgan fingerprint density at radius 3 is 2.18 bits per heavy atom. The third-order valence-electron chi connectivity index (χ3n) is 3.42. The van der Waals surface area contributed by atoms with Crippen molar-refractivity contribution in [3.63, 3.8) is 0 Å². The standard InChI is InChI=1S/C18H20FNO2/c1-11-9-12(2)17(13(3)10-11)20-18(21)14(4)22-16-7-5-15(19)6-8-16/h5-10,14H,1-4H3,(H,20,21). The van der Waals surface area contributed by atoms with Gasteiger partial charge in [0.25, 0.3) is 5.91 Å². The van der Waals surface area contributed by atoms with Crippen LogP contribution in [0.25, 0.3) is 0 Å². The topological polar surface area (TPSA) is 38.3 Å². The van der Waals surface area contributed by atoms with Gasteiger partial charge in [-0.3, -0.25) is 4.79 Å². The summed E-state index contributed by atoms with van der Waals surface area (Å²) in [6, 6.07) is 9.65. The molecule has 1 atom stereocenters. The average molecular weight is 301 g/mol. The minimum atomic E-state index is -0.675. The van der Waals surface area contributed by atoms with Crippen molar-refractivity contribution in [2.24, 2.45) is 0 Å². The number of ether oxygens (including phenoxy) is 1. The predicted octanol–water partition coefficient (Wildman–Crippen LogP) is 4.16. The lowest BCUT2D eigenvalue weighted by atomic mass is 10.0. The molecule has 2 rings (SSSR count). The number of benzene rings is 2. The molecule has 0 saturated carbocycles. The summed E-state index contributed by atoms with van der Waals surface area (Å²) in [4.78, 5) is 12.3. The zero-order chi connectivity index (χ0) is 16.3. The second kappa shape index (κ2) is 6.60. The van der Waals surface area contributed by atoms with Crippen LogP contribution in [0.2, 0.25) is 0 Å². The monoisotopic (exact) mass is 301 g/mol. The highest BCUT2D eigenvalue weighted by Gasteiger charge is 2.17. The number of aryl methyl sites for hydroxylation is 3. The first kappa shape index (κ1) is 16.0. The molecular weight excluding hydrogens is 281 g/mol. The summed E-state index contributed by atoms with van der Waals surface area (Å²) in [5, 5.41) is 2.90. The normalized spacial score (nSPS) is 11.9. The molecule has 1 amide bonds. The molecule has 1 unspecified atom stereocenters. The molecule has 2 aromatic rings. The van der Waals surface area contributed by atoms with E-state index in [0.29, 0.717) is 5.75 Å². The van der Waals surface area contributed by atoms with Gasteiger partial charge < -0.3 is 10.1 Å². The molecule has 0 fully saturated rings. The molecule has 0 aliphatic heterocycles. The summed E-state index contributed by atoms with van der Waals surface area (Å²) >= 11 is 0. The zero-order valence-electron chi connectivity index (χ0n) is 13.2. The molecule has 0 aliphatic rings. The van der Waals surface area contributed by atoms with Crippen molar-refractivity contribution in [2.45, 2.75) is 33.8 Å². The fourth-order valence-corrected chi connectivity index (χ4v) is 2.37. The molecule has 22 heavy (non-hydrogen) atoms. The molecule has 0 bridgehead atoms. The summed E-state index contributed by atoms with van der Waals surface area (Å²) in [6.07, 6.45) is -0.675. The van der Waals surface area contributed by atoms with Gasteiger partial charge in [0.2, 0.25) is 0 Å². The van der Waals surface area contributed by atoms with Crippen molar-refractivity contribution in [3.8, 4) is 5.75 Å². The lowest BCUT2D eigenvalue weighted by molar-refractivity contribution is -0.122. The number of hydrogen-bond acceptors (Lipinski definition) is 2. The van der Waals surface area contributed by atoms with E-state index in [1.54, 1.807) is 6.92 Å². The molecule has 116 valence electrons. The van der Waals surface area contributed by atoms with Crippen LogP contribution in [0.1, 0.15) is 23.6 Å². The Bertz CT molecular complexity index is 657. The van der Waals surface area contributed by atoms with Gasteiger partial charge in [-0.05, 0) is 63.1 Å². The van der Waals surface area contributed by atoms with E-state index in [9.17, 15) is 9.18 Å². The third-order valence-corrected chi connectivity index (χ3v) is 3.42. The van der Waals surface area contributed by atoms with Crippen LogP contribution in [0.4, 0.5) is 10.1 Å². The Morgan fingerprint density at radius 2 is 1.64 bits per heavy atom. The Hall–Kier alpha value is -2.36. The Morgan fingerprint density at radius 1 is 1.09 bits per heavy atom. The molecule has 0 aliphatic carbocycles. The molecule has 0 heterocycles. The van der Waals surface area contributed by atoms with Gasteiger partial charge in [0.1, 0.15) is 11.6 Å². The van der Waals surface area contributed by atoms with Crippen LogP contribution in [0.5, 0.6) is 5.75 Å². The SMILES string of the molecule is Cc1cc(C)c(NC(=O)C(C)Oc2ccc(F)cc2)c(C)c1. The van der Waals surface area contributed by atoms with Crippen molar-refractivity contribution in [1.82, 2.24) is 0 Å². The number of anilines is 1. The number of carbonyl (C=O) groups is 1. The third kappa shape index (κ3) is 3.85. The molecule has 4 heteroatoms. The summed E-state index contributed by atoms with van der Waals surface area (Å²) in [5.74, 6) is -0.115. The predicted molar refractivity (Wildman–Crippen MR) is 85.8 cm³/mol. The van der Waals surface area contributed by atoms with E-state index >= 15 is 0 Å². The fraction of sp³-hybridized carbons (Fsp3) is 0.278. The van der Waals surface area contributed by atoms with Crippen LogP contribution >= 0.6 is 0 Å². The Balaban J connectivity index is 2.07. The molecule has 3 nitrogen and oxygen atoms in total. The van der Waals surface area contributed by atoms with Crippen molar-refractivity contribution < 1.29 is 13.9 Å². The summed E-state index contributed by atoms with van der Waals surface area (Å²) in [5.41, 5.74) is 3.99. The first-order valence-corrected chi connectivity index (χ1v) is 7.18. The van der Waals surface area contributed by atoms with E-state index in [2.05, 4.69) is 5.32 Å². The molecule has 0 radical (unpaired) electrons. The second-order valence-electron chi connectivity index (χ2n) is 5.48. The van der Waals surface area contributed by atoms with E-state index in [0.717, 1.165) is 22.4 Å². The van der Waals surface area contributed by atoms with Gasteiger partial charge in [-0.1, -0.05) is 17.7 Å². The van der Waals surface area contributed by atoms with Crippen LogP contribution in [-0.4, -0.2) is 12.0 Å². The maximum Gasteiger partial charge on any atom is 0.265 e. The van der Waals surface area contributed by atoms with Crippen LogP contribution in [0.3, 0.4) is 0 Å². The first-order chi connectivity index (χ1) is 10.4. The second-order valence-corrected chi connectivity index (χ2v) is 5.48. The minimum Gasteiger partial charge on any atom is -0.481 e. The summed E-state index contributed by atoms with van der Waals surface area (Å²) in [7, 11) is 0. The van der Waals surface area contributed by atoms with Gasteiger partial charge in [-0.2, -0.15) is 0 Å². The number of hydrogen-bond donors (Lipinski definition) is 1. The fourth-order valence-electron chi connectivity index (χ4n) is 2.37. The van der Waals surface area contributed by atoms with Gasteiger partial charge in [-0.25, -0.2) is 4.39 Å². The lowest BCUT2D eigenvalue weighted by Crippen LogP contribution is -2.30. The number of rotatable bonds is 4. The van der Waals surface area contributed by atoms with Gasteiger partial charge in [-0.15, -0.1) is 0 Å². The van der Waals surface area contributed by atoms with Gasteiger partial charge >= 0.3 is 0 Å². The highest BCUT2D eigenvalue weighted by molar-refractivity contribution is 5.95. The van der Waals surface area contributed by atoms with Crippen molar-refractivity contribution in [1.29, 1.82) is 0 Å². The van der Waals surface area contributed by atoms with E-state index in [1.165, 1.54) is 24.3 Å². The van der Waals surface area contributed by atoms with Gasteiger partial charge in [0.05, 0.1) is 0 Å². The van der Waals surface area contributed by atoms with E-state index in [-0.39, 0.29) is 11.7 Å². The number of nitrogens with one attached hydrogen (secondary N) is 1. The molecular formula is C18H20FNO2. The van der Waals surface area contributed by atoms with Crippen molar-refractivity contribution >= 4 is 11.6 Å². The quantitative estimate of drug-likeness (QED) is 0.921. The maximum atomic E-state index is 12.9. The maximum absolute atomic E-state index is 12.9. The highest BCUT2D eigenvalue weighted by atomic mass is 19.1. The molecule has 2 aromatic carbocycles. The molecule has 1 N–H and O–H groups in total. The molecule has 0 spiro atoms. The number of carbonyl (C=O) groups excluding carboxylic acids is 1. The van der Waals surface area contributed by atoms with Crippen LogP contribution in [-0.2, 0) is 4.79 Å². The Kier molecular flexibility index (Phi) is 4.81. The number of amides is 1. The first-order valence-electron chi connectivity index (χ1n) is 7.18. The average Bonchev–Trinajstić information content (AvgIpc) is 2.45. The Labute approximate surface area is 130 Å². The highest BCUT2D eigenvalue weighted by Crippen LogP contribution is 2.22.